The van der Waals surface area contributed by atoms with Gasteiger partial charge in [0.1, 0.15) is 13.1 Å². The Morgan fingerprint density at radius 1 is 1.28 bits per heavy atom. The van der Waals surface area contributed by atoms with Gasteiger partial charge in [0.25, 0.3) is 0 Å². The summed E-state index contributed by atoms with van der Waals surface area (Å²) in [6.45, 7) is 0.455. The van der Waals surface area contributed by atoms with Gasteiger partial charge in [0.2, 0.25) is 0 Å². The van der Waals surface area contributed by atoms with Gasteiger partial charge in [-0.05, 0) is 6.42 Å². The molecule has 7 nitrogen and oxygen atoms in total. The lowest BCUT2D eigenvalue weighted by Gasteiger charge is -2.22. The Labute approximate surface area is 105 Å². The molecule has 100 valence electrons. The third-order valence-corrected chi connectivity index (χ3v) is 2.12. The highest BCUT2D eigenvalue weighted by Crippen LogP contribution is 1.99. The van der Waals surface area contributed by atoms with E-state index in [1.807, 2.05) is 0 Å². The van der Waals surface area contributed by atoms with Crippen LogP contribution in [0, 0.1) is 12.3 Å². The van der Waals surface area contributed by atoms with Crippen LogP contribution in [-0.4, -0.2) is 52.2 Å². The van der Waals surface area contributed by atoms with Crippen molar-refractivity contribution in [3.8, 4) is 12.3 Å². The molecule has 18 heavy (non-hydrogen) atoms. The smallest absolute Gasteiger partial charge is 0.323 e. The first-order chi connectivity index (χ1) is 8.40. The monoisotopic (exact) mass is 256 g/mol. The second kappa shape index (κ2) is 7.95. The number of aliphatic carboxylic acids is 2. The predicted molar refractivity (Wildman–Crippen MR) is 62.9 cm³/mol. The molecule has 1 unspecified atom stereocenters. The summed E-state index contributed by atoms with van der Waals surface area (Å²) in [6.07, 6.45) is 5.99. The van der Waals surface area contributed by atoms with E-state index < -0.39 is 31.1 Å². The van der Waals surface area contributed by atoms with Crippen molar-refractivity contribution in [2.75, 3.05) is 13.1 Å². The second-order valence-electron chi connectivity index (χ2n) is 3.61. The number of amides is 2. The van der Waals surface area contributed by atoms with Gasteiger partial charge in [0.05, 0.1) is 0 Å². The summed E-state index contributed by atoms with van der Waals surface area (Å²) in [4.78, 5) is 33.4. The van der Waals surface area contributed by atoms with Gasteiger partial charge in [-0.2, -0.15) is 0 Å². The number of rotatable bonds is 7. The number of hydrogen-bond donors (Lipinski definition) is 3. The van der Waals surface area contributed by atoms with E-state index in [1.54, 1.807) is 6.92 Å². The molecule has 0 rings (SSSR count). The van der Waals surface area contributed by atoms with E-state index in [1.165, 1.54) is 0 Å². The summed E-state index contributed by atoms with van der Waals surface area (Å²) in [7, 11) is 0. The van der Waals surface area contributed by atoms with Gasteiger partial charge in [0.15, 0.2) is 0 Å². The lowest BCUT2D eigenvalue weighted by Crippen LogP contribution is -2.48. The Balaban J connectivity index is 4.58. The quantitative estimate of drug-likeness (QED) is 0.554. The molecule has 0 saturated heterocycles. The molecule has 0 fully saturated rings. The van der Waals surface area contributed by atoms with E-state index in [4.69, 9.17) is 16.6 Å². The van der Waals surface area contributed by atoms with E-state index in [2.05, 4.69) is 11.2 Å². The highest BCUT2D eigenvalue weighted by Gasteiger charge is 2.21. The van der Waals surface area contributed by atoms with Crippen molar-refractivity contribution in [1.29, 1.82) is 0 Å². The van der Waals surface area contributed by atoms with Gasteiger partial charge in [-0.3, -0.25) is 9.59 Å². The molecular weight excluding hydrogens is 240 g/mol. The highest BCUT2D eigenvalue weighted by molar-refractivity contribution is 5.84. The Bertz CT molecular complexity index is 345. The van der Waals surface area contributed by atoms with Crippen molar-refractivity contribution in [3.63, 3.8) is 0 Å². The third-order valence-electron chi connectivity index (χ3n) is 2.12. The molecular formula is C11H16N2O5. The molecule has 0 aromatic carbocycles. The van der Waals surface area contributed by atoms with Crippen molar-refractivity contribution in [2.45, 2.75) is 25.8 Å². The van der Waals surface area contributed by atoms with Crippen LogP contribution in [0.4, 0.5) is 4.79 Å². The topological polar surface area (TPSA) is 107 Å². The van der Waals surface area contributed by atoms with Crippen LogP contribution >= 0.6 is 0 Å². The molecule has 0 spiro atoms. The summed E-state index contributed by atoms with van der Waals surface area (Å²) in [5.41, 5.74) is 0. The number of hydrogen-bond acceptors (Lipinski definition) is 3. The molecule has 0 aromatic heterocycles. The number of carboxylic acids is 2. The summed E-state index contributed by atoms with van der Waals surface area (Å²) in [6, 6.07) is -1.05. The van der Waals surface area contributed by atoms with Crippen molar-refractivity contribution >= 4 is 18.0 Å². The molecule has 3 N–H and O–H groups in total. The molecule has 0 saturated carbocycles. The van der Waals surface area contributed by atoms with E-state index in [-0.39, 0.29) is 6.04 Å². The van der Waals surface area contributed by atoms with Crippen LogP contribution in [-0.2, 0) is 9.59 Å². The molecule has 7 heteroatoms. The lowest BCUT2D eigenvalue weighted by atomic mass is 10.1. The van der Waals surface area contributed by atoms with Crippen molar-refractivity contribution < 1.29 is 24.6 Å². The summed E-state index contributed by atoms with van der Waals surface area (Å²) in [5.74, 6) is -0.184. The zero-order valence-electron chi connectivity index (χ0n) is 10.0. The number of urea groups is 1. The number of carboxylic acid groups (broad SMARTS) is 2. The van der Waals surface area contributed by atoms with Gasteiger partial charge < -0.3 is 20.4 Å². The SMILES string of the molecule is C#CCC(CC)NC(=O)N(CC(=O)O)CC(=O)O. The second-order valence-corrected chi connectivity index (χ2v) is 3.61. The van der Waals surface area contributed by atoms with Crippen molar-refractivity contribution in [2.24, 2.45) is 0 Å². The maximum atomic E-state index is 11.7. The van der Waals surface area contributed by atoms with Gasteiger partial charge in [-0.25, -0.2) is 4.79 Å². The third kappa shape index (κ3) is 6.37. The van der Waals surface area contributed by atoms with E-state index in [0.29, 0.717) is 17.7 Å². The molecule has 0 aliphatic heterocycles. The fraction of sp³-hybridized carbons (Fsp3) is 0.545. The molecule has 0 aliphatic rings. The Hall–Kier alpha value is -2.23. The first-order valence-corrected chi connectivity index (χ1v) is 5.33. The van der Waals surface area contributed by atoms with Gasteiger partial charge >= 0.3 is 18.0 Å². The first-order valence-electron chi connectivity index (χ1n) is 5.33. The van der Waals surface area contributed by atoms with Gasteiger partial charge in [-0.1, -0.05) is 6.92 Å². The van der Waals surface area contributed by atoms with Crippen LogP contribution in [0.5, 0.6) is 0 Å². The maximum absolute atomic E-state index is 11.7. The van der Waals surface area contributed by atoms with E-state index in [0.717, 1.165) is 0 Å². The van der Waals surface area contributed by atoms with E-state index in [9.17, 15) is 14.4 Å². The molecule has 2 amide bonds. The number of nitrogens with one attached hydrogen (secondary N) is 1. The van der Waals surface area contributed by atoms with Crippen LogP contribution in [0.1, 0.15) is 19.8 Å². The van der Waals surface area contributed by atoms with Crippen LogP contribution in [0.25, 0.3) is 0 Å². The first kappa shape index (κ1) is 15.8. The van der Waals surface area contributed by atoms with Crippen molar-refractivity contribution in [3.05, 3.63) is 0 Å². The van der Waals surface area contributed by atoms with E-state index >= 15 is 0 Å². The number of terminal acetylenes is 1. The fourth-order valence-corrected chi connectivity index (χ4v) is 1.23. The fourth-order valence-electron chi connectivity index (χ4n) is 1.23. The summed E-state index contributed by atoms with van der Waals surface area (Å²) < 4.78 is 0. The Morgan fingerprint density at radius 2 is 1.78 bits per heavy atom. The largest absolute Gasteiger partial charge is 0.480 e. The Morgan fingerprint density at radius 3 is 2.11 bits per heavy atom. The summed E-state index contributed by atoms with van der Waals surface area (Å²) in [5, 5.41) is 19.7. The minimum atomic E-state index is -1.28. The molecule has 0 radical (unpaired) electrons. The van der Waals surface area contributed by atoms with Crippen molar-refractivity contribution in [1.82, 2.24) is 10.2 Å². The number of carbonyl (C=O) groups is 3. The molecule has 1 atom stereocenters. The zero-order valence-corrected chi connectivity index (χ0v) is 10.0. The molecule has 0 aliphatic carbocycles. The van der Waals surface area contributed by atoms with Crippen LogP contribution in [0.2, 0.25) is 0 Å². The minimum Gasteiger partial charge on any atom is -0.480 e. The standard InChI is InChI=1S/C11H16N2O5/c1-3-5-8(4-2)12-11(18)13(6-9(14)15)7-10(16)17/h1,8H,4-7H2,2H3,(H,12,18)(H,14,15)(H,16,17). The Kier molecular flexibility index (Phi) is 6.96. The van der Waals surface area contributed by atoms with Gasteiger partial charge in [-0.15, -0.1) is 12.3 Å². The summed E-state index contributed by atoms with van der Waals surface area (Å²) >= 11 is 0. The molecule has 0 aromatic rings. The lowest BCUT2D eigenvalue weighted by molar-refractivity contribution is -0.140. The maximum Gasteiger partial charge on any atom is 0.323 e. The number of nitrogens with zero attached hydrogens (tertiary/aromatic N) is 1. The highest BCUT2D eigenvalue weighted by atomic mass is 16.4. The molecule has 0 heterocycles. The van der Waals surface area contributed by atoms with Gasteiger partial charge in [0, 0.05) is 12.5 Å². The van der Waals surface area contributed by atoms with Crippen LogP contribution < -0.4 is 5.32 Å². The normalized spacial score (nSPS) is 11.1. The predicted octanol–water partition coefficient (Wildman–Crippen LogP) is -0.0309. The minimum absolute atomic E-state index is 0.299. The average molecular weight is 256 g/mol. The molecule has 0 bridgehead atoms. The van der Waals surface area contributed by atoms with Crippen LogP contribution in [0.15, 0.2) is 0 Å². The van der Waals surface area contributed by atoms with Crippen LogP contribution in [0.3, 0.4) is 0 Å². The number of carbonyl (C=O) groups excluding carboxylic acids is 1. The average Bonchev–Trinajstić information content (AvgIpc) is 2.26. The zero-order chi connectivity index (χ0) is 14.1.